The number of anilines is 1. The summed E-state index contributed by atoms with van der Waals surface area (Å²) >= 11 is 12.9. The predicted molar refractivity (Wildman–Crippen MR) is 131 cm³/mol. The van der Waals surface area contributed by atoms with Crippen LogP contribution >= 0.6 is 46.4 Å². The van der Waals surface area contributed by atoms with Crippen LogP contribution in [0.2, 0.25) is 5.02 Å². The average molecular weight is 591 g/mol. The summed E-state index contributed by atoms with van der Waals surface area (Å²) < 4.78 is 45.7. The number of thiocarbonyl (C=S) groups is 1. The van der Waals surface area contributed by atoms with E-state index < -0.39 is 17.6 Å². The van der Waals surface area contributed by atoms with Gasteiger partial charge in [0.25, 0.3) is 0 Å². The lowest BCUT2D eigenvalue weighted by molar-refractivity contribution is -0.137. The molecule has 0 spiro atoms. The number of amides is 1. The predicted octanol–water partition coefficient (Wildman–Crippen LogP) is 7.06. The Bertz CT molecular complexity index is 1210. The van der Waals surface area contributed by atoms with Crippen molar-refractivity contribution >= 4 is 69.2 Å². The topological polar surface area (TPSA) is 54.3 Å². The smallest absolute Gasteiger partial charge is 0.418 e. The summed E-state index contributed by atoms with van der Waals surface area (Å²) in [4.78, 5) is 12.1. The summed E-state index contributed by atoms with van der Waals surface area (Å²) in [6.07, 6.45) is -1.98. The number of nitrogens with one attached hydrogen (secondary N) is 2. The molecule has 1 aromatic heterocycles. The summed E-state index contributed by atoms with van der Waals surface area (Å²) in [6, 6.07) is 12.7. The van der Waals surface area contributed by atoms with Crippen molar-refractivity contribution in [3.63, 3.8) is 0 Å². The maximum atomic E-state index is 13.2. The second-order valence-corrected chi connectivity index (χ2v) is 8.69. The Morgan fingerprint density at radius 3 is 2.59 bits per heavy atom. The molecule has 3 aromatic rings. The summed E-state index contributed by atoms with van der Waals surface area (Å²) in [5.74, 6) is 0.350. The molecule has 2 N–H and O–H groups in total. The Kier molecular flexibility index (Phi) is 7.63. The number of hydrogen-bond acceptors (Lipinski definition) is 3. The van der Waals surface area contributed by atoms with Crippen molar-refractivity contribution in [2.24, 2.45) is 0 Å². The number of aryl methyl sites for hydroxylation is 1. The van der Waals surface area contributed by atoms with Gasteiger partial charge in [-0.15, -0.1) is 0 Å². The third-order valence-electron chi connectivity index (χ3n) is 4.25. The molecule has 1 heterocycles. The zero-order valence-corrected chi connectivity index (χ0v) is 20.1. The van der Waals surface area contributed by atoms with E-state index >= 15 is 0 Å². The van der Waals surface area contributed by atoms with Gasteiger partial charge in [0.05, 0.1) is 11.3 Å². The van der Waals surface area contributed by atoms with Crippen LogP contribution in [-0.2, 0) is 11.0 Å². The molecule has 4 nitrogen and oxygen atoms in total. The number of rotatable bonds is 4. The minimum absolute atomic E-state index is 0.250. The molecule has 32 heavy (non-hydrogen) atoms. The SMILES string of the molecule is Cc1ccc(-c2ccc(/C=C/C(=O)NC(=S)Nc3ccc(I)cc3C(F)(F)F)o2)cc1Cl. The molecule has 0 aliphatic heterocycles. The lowest BCUT2D eigenvalue weighted by Gasteiger charge is -2.15. The van der Waals surface area contributed by atoms with Gasteiger partial charge >= 0.3 is 6.18 Å². The van der Waals surface area contributed by atoms with Crippen LogP contribution in [0.4, 0.5) is 18.9 Å². The minimum atomic E-state index is -4.57. The molecule has 0 radical (unpaired) electrons. The molecule has 2 aromatic carbocycles. The zero-order chi connectivity index (χ0) is 23.5. The highest BCUT2D eigenvalue weighted by Gasteiger charge is 2.34. The first kappa shape index (κ1) is 24.3. The molecular weight excluding hydrogens is 576 g/mol. The van der Waals surface area contributed by atoms with E-state index in [0.29, 0.717) is 20.1 Å². The van der Waals surface area contributed by atoms with Crippen LogP contribution in [0.1, 0.15) is 16.9 Å². The average Bonchev–Trinajstić information content (AvgIpc) is 3.18. The van der Waals surface area contributed by atoms with E-state index in [9.17, 15) is 18.0 Å². The van der Waals surface area contributed by atoms with Gasteiger partial charge in [0.2, 0.25) is 5.91 Å². The monoisotopic (exact) mass is 590 g/mol. The Morgan fingerprint density at radius 2 is 1.91 bits per heavy atom. The van der Waals surface area contributed by atoms with Crippen molar-refractivity contribution in [1.82, 2.24) is 5.32 Å². The second-order valence-electron chi connectivity index (χ2n) is 6.63. The van der Waals surface area contributed by atoms with Crippen molar-refractivity contribution in [3.05, 3.63) is 80.1 Å². The van der Waals surface area contributed by atoms with Crippen molar-refractivity contribution in [2.75, 3.05) is 5.32 Å². The Morgan fingerprint density at radius 1 is 1.16 bits per heavy atom. The van der Waals surface area contributed by atoms with E-state index in [0.717, 1.165) is 23.3 Å². The van der Waals surface area contributed by atoms with Crippen molar-refractivity contribution < 1.29 is 22.4 Å². The van der Waals surface area contributed by atoms with Gasteiger partial charge in [-0.25, -0.2) is 0 Å². The highest BCUT2D eigenvalue weighted by atomic mass is 127. The van der Waals surface area contributed by atoms with Crippen LogP contribution in [0.3, 0.4) is 0 Å². The summed E-state index contributed by atoms with van der Waals surface area (Å²) in [5, 5.41) is 5.07. The highest BCUT2D eigenvalue weighted by Crippen LogP contribution is 2.35. The molecule has 0 saturated carbocycles. The maximum Gasteiger partial charge on any atom is 0.418 e. The van der Waals surface area contributed by atoms with Crippen LogP contribution in [0.5, 0.6) is 0 Å². The van der Waals surface area contributed by atoms with Crippen molar-refractivity contribution in [3.8, 4) is 11.3 Å². The summed E-state index contributed by atoms with van der Waals surface area (Å²) in [6.45, 7) is 1.89. The number of benzene rings is 2. The Balaban J connectivity index is 1.63. The Hall–Kier alpha value is -2.37. The van der Waals surface area contributed by atoms with Crippen LogP contribution in [0.15, 0.2) is 59.0 Å². The molecular formula is C22H15ClF3IN2O2S. The number of alkyl halides is 3. The first-order valence-electron chi connectivity index (χ1n) is 9.06. The van der Waals surface area contributed by atoms with Gasteiger partial charge < -0.3 is 9.73 Å². The maximum absolute atomic E-state index is 13.2. The third-order valence-corrected chi connectivity index (χ3v) is 5.54. The van der Waals surface area contributed by atoms with Gasteiger partial charge in [-0.2, -0.15) is 13.2 Å². The van der Waals surface area contributed by atoms with Gasteiger partial charge in [0.15, 0.2) is 5.11 Å². The van der Waals surface area contributed by atoms with E-state index in [1.807, 2.05) is 19.1 Å². The van der Waals surface area contributed by atoms with Crippen LogP contribution in [-0.4, -0.2) is 11.0 Å². The molecule has 0 fully saturated rings. The van der Waals surface area contributed by atoms with E-state index in [4.69, 9.17) is 28.2 Å². The molecule has 1 amide bonds. The van der Waals surface area contributed by atoms with Crippen molar-refractivity contribution in [1.29, 1.82) is 0 Å². The Labute approximate surface area is 206 Å². The molecule has 0 unspecified atom stereocenters. The molecule has 10 heteroatoms. The van der Waals surface area contributed by atoms with Crippen LogP contribution < -0.4 is 10.6 Å². The summed E-state index contributed by atoms with van der Waals surface area (Å²) in [5.41, 5.74) is 0.597. The van der Waals surface area contributed by atoms with Gasteiger partial charge in [-0.1, -0.05) is 23.7 Å². The molecule has 0 saturated heterocycles. The largest absolute Gasteiger partial charge is 0.457 e. The molecule has 0 atom stereocenters. The number of furan rings is 1. The van der Waals surface area contributed by atoms with E-state index in [-0.39, 0.29) is 10.8 Å². The summed E-state index contributed by atoms with van der Waals surface area (Å²) in [7, 11) is 0. The molecule has 0 bridgehead atoms. The van der Waals surface area contributed by atoms with Crippen molar-refractivity contribution in [2.45, 2.75) is 13.1 Å². The van der Waals surface area contributed by atoms with E-state index in [1.54, 1.807) is 40.8 Å². The second kappa shape index (κ2) is 10.1. The quantitative estimate of drug-likeness (QED) is 0.194. The fourth-order valence-corrected chi connectivity index (χ4v) is 3.55. The van der Waals surface area contributed by atoms with E-state index in [2.05, 4.69) is 10.6 Å². The molecule has 0 aliphatic rings. The van der Waals surface area contributed by atoms with Crippen LogP contribution in [0, 0.1) is 10.5 Å². The lowest BCUT2D eigenvalue weighted by atomic mass is 10.1. The van der Waals surface area contributed by atoms with Crippen LogP contribution in [0.25, 0.3) is 17.4 Å². The minimum Gasteiger partial charge on any atom is -0.457 e. The molecule has 0 aliphatic carbocycles. The fourth-order valence-electron chi connectivity index (χ4n) is 2.67. The van der Waals surface area contributed by atoms with Gasteiger partial charge in [-0.3, -0.25) is 10.1 Å². The normalized spacial score (nSPS) is 11.6. The standard InChI is InChI=1S/C22H15ClF3IN2O2S/c1-12-2-3-13(10-17(12)23)19-8-5-15(31-19)6-9-20(30)29-21(32)28-18-7-4-14(27)11-16(18)22(24,25)26/h2-11H,1H3,(H2,28,29,30,32)/b9-6+. The lowest BCUT2D eigenvalue weighted by Crippen LogP contribution is -2.33. The fraction of sp³-hybridized carbons (Fsp3) is 0.0909. The zero-order valence-electron chi connectivity index (χ0n) is 16.4. The third kappa shape index (κ3) is 6.33. The van der Waals surface area contributed by atoms with Gasteiger partial charge in [-0.05, 0) is 89.8 Å². The number of halogens is 5. The number of carbonyl (C=O) groups excluding carboxylic acids is 1. The molecule has 3 rings (SSSR count). The van der Waals surface area contributed by atoms with Gasteiger partial charge in [0.1, 0.15) is 11.5 Å². The molecule has 166 valence electrons. The number of hydrogen-bond donors (Lipinski definition) is 2. The van der Waals surface area contributed by atoms with Gasteiger partial charge in [0, 0.05) is 20.2 Å². The first-order chi connectivity index (χ1) is 15.0. The van der Waals surface area contributed by atoms with E-state index in [1.165, 1.54) is 18.2 Å². The first-order valence-corrected chi connectivity index (χ1v) is 10.9. The number of carbonyl (C=O) groups is 1. The highest BCUT2D eigenvalue weighted by molar-refractivity contribution is 14.1.